The number of carbonyl (C=O) groups excluding carboxylic acids is 2. The first kappa shape index (κ1) is 17.7. The van der Waals surface area contributed by atoms with Gasteiger partial charge in [0.15, 0.2) is 5.76 Å². The van der Waals surface area contributed by atoms with E-state index in [9.17, 15) is 9.59 Å². The third kappa shape index (κ3) is 4.70. The zero-order chi connectivity index (χ0) is 17.6. The second kappa shape index (κ2) is 8.31. The van der Waals surface area contributed by atoms with Crippen molar-refractivity contribution < 1.29 is 14.0 Å². The number of anilines is 2. The van der Waals surface area contributed by atoms with Crippen molar-refractivity contribution in [2.24, 2.45) is 0 Å². The molecule has 3 rings (SSSR count). The van der Waals surface area contributed by atoms with E-state index in [4.69, 9.17) is 16.0 Å². The Morgan fingerprint density at radius 2 is 2.04 bits per heavy atom. The highest BCUT2D eigenvalue weighted by Gasteiger charge is 2.16. The molecule has 0 bridgehead atoms. The van der Waals surface area contributed by atoms with Gasteiger partial charge in [-0.15, -0.1) is 0 Å². The SMILES string of the molecule is O=C(Nc1ccc(NC(=O)N2CCCSCC2)cc1Cl)c1ccco1. The average Bonchev–Trinajstić information content (AvgIpc) is 3.00. The predicted molar refractivity (Wildman–Crippen MR) is 101 cm³/mol. The minimum absolute atomic E-state index is 0.133. The molecule has 1 fully saturated rings. The highest BCUT2D eigenvalue weighted by Crippen LogP contribution is 2.26. The summed E-state index contributed by atoms with van der Waals surface area (Å²) in [5.41, 5.74) is 1.04. The summed E-state index contributed by atoms with van der Waals surface area (Å²) in [7, 11) is 0. The highest BCUT2D eigenvalue weighted by atomic mass is 35.5. The summed E-state index contributed by atoms with van der Waals surface area (Å²) in [6.07, 6.45) is 2.42. The molecule has 2 aromatic rings. The molecule has 0 unspecified atom stereocenters. The number of rotatable bonds is 3. The number of benzene rings is 1. The summed E-state index contributed by atoms with van der Waals surface area (Å²) in [4.78, 5) is 26.1. The van der Waals surface area contributed by atoms with Crippen molar-refractivity contribution in [2.45, 2.75) is 6.42 Å². The quantitative estimate of drug-likeness (QED) is 0.839. The van der Waals surface area contributed by atoms with E-state index in [2.05, 4.69) is 10.6 Å². The van der Waals surface area contributed by atoms with Crippen LogP contribution in [0.5, 0.6) is 0 Å². The lowest BCUT2D eigenvalue weighted by Crippen LogP contribution is -2.36. The largest absolute Gasteiger partial charge is 0.459 e. The maximum atomic E-state index is 12.3. The smallest absolute Gasteiger partial charge is 0.321 e. The monoisotopic (exact) mass is 379 g/mol. The van der Waals surface area contributed by atoms with Gasteiger partial charge >= 0.3 is 6.03 Å². The number of hydrogen-bond donors (Lipinski definition) is 2. The van der Waals surface area contributed by atoms with Crippen LogP contribution in [-0.4, -0.2) is 41.4 Å². The van der Waals surface area contributed by atoms with Crippen LogP contribution in [-0.2, 0) is 0 Å². The zero-order valence-corrected chi connectivity index (χ0v) is 15.0. The van der Waals surface area contributed by atoms with Crippen molar-refractivity contribution in [1.29, 1.82) is 0 Å². The van der Waals surface area contributed by atoms with E-state index in [1.807, 2.05) is 11.8 Å². The topological polar surface area (TPSA) is 74.6 Å². The van der Waals surface area contributed by atoms with Gasteiger partial charge in [-0.25, -0.2) is 4.79 Å². The summed E-state index contributed by atoms with van der Waals surface area (Å²) < 4.78 is 5.04. The Bertz CT molecular complexity index is 744. The molecule has 0 radical (unpaired) electrons. The van der Waals surface area contributed by atoms with E-state index in [-0.39, 0.29) is 17.7 Å². The summed E-state index contributed by atoms with van der Waals surface area (Å²) in [6.45, 7) is 1.49. The van der Waals surface area contributed by atoms with Crippen LogP contribution in [0.1, 0.15) is 17.0 Å². The molecule has 1 aliphatic heterocycles. The number of carbonyl (C=O) groups is 2. The maximum Gasteiger partial charge on any atom is 0.321 e. The Hall–Kier alpha value is -2.12. The third-order valence-corrected chi connectivity index (χ3v) is 5.08. The van der Waals surface area contributed by atoms with Crippen LogP contribution in [0.15, 0.2) is 41.0 Å². The van der Waals surface area contributed by atoms with Crippen molar-refractivity contribution in [3.05, 3.63) is 47.4 Å². The molecule has 2 heterocycles. The van der Waals surface area contributed by atoms with Gasteiger partial charge in [0.1, 0.15) is 0 Å². The number of furan rings is 1. The molecule has 0 spiro atoms. The van der Waals surface area contributed by atoms with Crippen LogP contribution >= 0.6 is 23.4 Å². The number of thioether (sulfide) groups is 1. The maximum absolute atomic E-state index is 12.3. The second-order valence-corrected chi connectivity index (χ2v) is 7.14. The number of nitrogens with one attached hydrogen (secondary N) is 2. The van der Waals surface area contributed by atoms with E-state index in [1.165, 1.54) is 6.26 Å². The van der Waals surface area contributed by atoms with E-state index in [0.717, 1.165) is 31.0 Å². The summed E-state index contributed by atoms with van der Waals surface area (Å²) in [5, 5.41) is 5.86. The molecular weight excluding hydrogens is 362 g/mol. The Morgan fingerprint density at radius 1 is 1.16 bits per heavy atom. The Kier molecular flexibility index (Phi) is 5.88. The van der Waals surface area contributed by atoms with Gasteiger partial charge in [-0.2, -0.15) is 11.8 Å². The molecule has 1 aromatic heterocycles. The van der Waals surface area contributed by atoms with Crippen LogP contribution in [0.4, 0.5) is 16.2 Å². The predicted octanol–water partition coefficient (Wildman–Crippen LogP) is 4.16. The van der Waals surface area contributed by atoms with Gasteiger partial charge < -0.3 is 20.0 Å². The van der Waals surface area contributed by atoms with Gasteiger partial charge in [0.05, 0.1) is 17.0 Å². The normalized spacial score (nSPS) is 14.7. The fraction of sp³-hybridized carbons (Fsp3) is 0.294. The van der Waals surface area contributed by atoms with Gasteiger partial charge in [0, 0.05) is 24.5 Å². The van der Waals surface area contributed by atoms with E-state index in [1.54, 1.807) is 35.2 Å². The lowest BCUT2D eigenvalue weighted by Gasteiger charge is -2.20. The molecule has 6 nitrogen and oxygen atoms in total. The number of halogens is 1. The van der Waals surface area contributed by atoms with Crippen molar-refractivity contribution in [3.8, 4) is 0 Å². The minimum atomic E-state index is -0.384. The Balaban J connectivity index is 1.63. The molecule has 1 aliphatic rings. The van der Waals surface area contributed by atoms with Crippen LogP contribution in [0.25, 0.3) is 0 Å². The molecule has 8 heteroatoms. The van der Waals surface area contributed by atoms with Crippen LogP contribution in [0, 0.1) is 0 Å². The molecule has 132 valence electrons. The summed E-state index contributed by atoms with van der Waals surface area (Å²) >= 11 is 8.08. The lowest BCUT2D eigenvalue weighted by atomic mass is 10.2. The number of hydrogen-bond acceptors (Lipinski definition) is 4. The second-order valence-electron chi connectivity index (χ2n) is 5.51. The molecule has 25 heavy (non-hydrogen) atoms. The molecule has 3 amide bonds. The number of nitrogens with zero attached hydrogens (tertiary/aromatic N) is 1. The minimum Gasteiger partial charge on any atom is -0.459 e. The van der Waals surface area contributed by atoms with Crippen LogP contribution in [0.2, 0.25) is 5.02 Å². The highest BCUT2D eigenvalue weighted by molar-refractivity contribution is 7.99. The van der Waals surface area contributed by atoms with Gasteiger partial charge in [-0.3, -0.25) is 4.79 Å². The standard InChI is InChI=1S/C17H18ClN3O3S/c18-13-11-12(19-17(23)21-6-2-9-25-10-7-21)4-5-14(13)20-16(22)15-3-1-8-24-15/h1,3-5,8,11H,2,6-7,9-10H2,(H,19,23)(H,20,22). The lowest BCUT2D eigenvalue weighted by molar-refractivity contribution is 0.0996. The molecule has 0 aliphatic carbocycles. The molecule has 1 aromatic carbocycles. The first-order chi connectivity index (χ1) is 12.1. The van der Waals surface area contributed by atoms with Crippen molar-refractivity contribution in [2.75, 3.05) is 35.2 Å². The number of amides is 3. The third-order valence-electron chi connectivity index (χ3n) is 3.72. The molecule has 2 N–H and O–H groups in total. The summed E-state index contributed by atoms with van der Waals surface area (Å²) in [5.74, 6) is 1.85. The first-order valence-electron chi connectivity index (χ1n) is 7.91. The molecule has 0 saturated carbocycles. The van der Waals surface area contributed by atoms with Gasteiger partial charge in [-0.05, 0) is 42.5 Å². The van der Waals surface area contributed by atoms with Gasteiger partial charge in [-0.1, -0.05) is 11.6 Å². The van der Waals surface area contributed by atoms with Crippen molar-refractivity contribution >= 4 is 46.7 Å². The molecule has 0 atom stereocenters. The van der Waals surface area contributed by atoms with Crippen molar-refractivity contribution in [1.82, 2.24) is 4.90 Å². The summed E-state index contributed by atoms with van der Waals surface area (Å²) in [6, 6.07) is 8.04. The number of urea groups is 1. The Labute approximate surface area is 154 Å². The molecular formula is C17H18ClN3O3S. The fourth-order valence-corrected chi connectivity index (χ4v) is 3.55. The van der Waals surface area contributed by atoms with Crippen LogP contribution < -0.4 is 10.6 Å². The van der Waals surface area contributed by atoms with Gasteiger partial charge in [0.2, 0.25) is 0 Å². The van der Waals surface area contributed by atoms with E-state index < -0.39 is 0 Å². The fourth-order valence-electron chi connectivity index (χ4n) is 2.44. The molecule has 1 saturated heterocycles. The van der Waals surface area contributed by atoms with Gasteiger partial charge in [0.25, 0.3) is 5.91 Å². The zero-order valence-electron chi connectivity index (χ0n) is 13.5. The average molecular weight is 380 g/mol. The van der Waals surface area contributed by atoms with Crippen LogP contribution in [0.3, 0.4) is 0 Å². The van der Waals surface area contributed by atoms with E-state index in [0.29, 0.717) is 16.4 Å². The first-order valence-corrected chi connectivity index (χ1v) is 9.45. The van der Waals surface area contributed by atoms with E-state index >= 15 is 0 Å². The van der Waals surface area contributed by atoms with Crippen molar-refractivity contribution in [3.63, 3.8) is 0 Å². The Morgan fingerprint density at radius 3 is 2.80 bits per heavy atom.